The first-order valence-electron chi connectivity index (χ1n) is 6.98. The molecule has 0 radical (unpaired) electrons. The molecule has 22 heavy (non-hydrogen) atoms. The van der Waals surface area contributed by atoms with Gasteiger partial charge in [-0.05, 0) is 18.2 Å². The summed E-state index contributed by atoms with van der Waals surface area (Å²) in [5.41, 5.74) is 1.07. The first-order valence-corrected chi connectivity index (χ1v) is 6.98. The Morgan fingerprint density at radius 2 is 2.14 bits per heavy atom. The molecule has 0 saturated heterocycles. The number of hydrogen-bond donors (Lipinski definition) is 1. The first kappa shape index (κ1) is 16.1. The Kier molecular flexibility index (Phi) is 5.62. The third-order valence-electron chi connectivity index (χ3n) is 3.23. The molecule has 1 aromatic heterocycles. The largest absolute Gasteiger partial charge is 0.478 e. The molecule has 0 atom stereocenters. The Hall–Kier alpha value is -2.25. The summed E-state index contributed by atoms with van der Waals surface area (Å²) in [7, 11) is 1.57. The second-order valence-corrected chi connectivity index (χ2v) is 4.80. The second kappa shape index (κ2) is 7.67. The van der Waals surface area contributed by atoms with Crippen LogP contribution in [0.25, 0.3) is 0 Å². The molecule has 2 rings (SSSR count). The highest BCUT2D eigenvalue weighted by Gasteiger charge is 2.15. The number of carboxylic acids is 1. The van der Waals surface area contributed by atoms with Crippen molar-refractivity contribution in [3.05, 3.63) is 47.1 Å². The van der Waals surface area contributed by atoms with Gasteiger partial charge in [0.2, 0.25) is 5.89 Å². The van der Waals surface area contributed by atoms with Crippen molar-refractivity contribution in [3.8, 4) is 0 Å². The summed E-state index contributed by atoms with van der Waals surface area (Å²) < 4.78 is 10.1. The molecule has 0 bridgehead atoms. The molecule has 0 aliphatic rings. The number of carboxylic acid groups (broad SMARTS) is 1. The fourth-order valence-electron chi connectivity index (χ4n) is 2.12. The van der Waals surface area contributed by atoms with Crippen molar-refractivity contribution in [1.29, 1.82) is 0 Å². The molecule has 7 nitrogen and oxygen atoms in total. The summed E-state index contributed by atoms with van der Waals surface area (Å²) in [5, 5.41) is 13.0. The maximum atomic E-state index is 11.3. The van der Waals surface area contributed by atoms with Crippen LogP contribution >= 0.6 is 0 Å². The van der Waals surface area contributed by atoms with Crippen LogP contribution in [0.15, 0.2) is 28.8 Å². The van der Waals surface area contributed by atoms with E-state index < -0.39 is 5.97 Å². The van der Waals surface area contributed by atoms with E-state index in [4.69, 9.17) is 9.26 Å². The maximum Gasteiger partial charge on any atom is 0.336 e. The van der Waals surface area contributed by atoms with Crippen molar-refractivity contribution in [2.75, 3.05) is 13.7 Å². The van der Waals surface area contributed by atoms with Gasteiger partial charge in [-0.15, -0.1) is 0 Å². The summed E-state index contributed by atoms with van der Waals surface area (Å²) in [6.07, 6.45) is 0. The zero-order chi connectivity index (χ0) is 15.9. The molecular weight excluding hydrogens is 286 g/mol. The van der Waals surface area contributed by atoms with E-state index in [1.165, 1.54) is 0 Å². The molecule has 0 spiro atoms. The summed E-state index contributed by atoms with van der Waals surface area (Å²) in [5.74, 6) is 0.0630. The minimum Gasteiger partial charge on any atom is -0.478 e. The lowest BCUT2D eigenvalue weighted by atomic mass is 10.1. The molecule has 1 heterocycles. The lowest BCUT2D eigenvalue weighted by Gasteiger charge is -2.19. The van der Waals surface area contributed by atoms with Crippen LogP contribution in [0.2, 0.25) is 0 Å². The number of rotatable bonds is 8. The predicted molar refractivity (Wildman–Crippen MR) is 78.2 cm³/mol. The van der Waals surface area contributed by atoms with Crippen LogP contribution in [-0.2, 0) is 24.4 Å². The molecule has 0 saturated carbocycles. The van der Waals surface area contributed by atoms with Crippen molar-refractivity contribution >= 4 is 5.97 Å². The van der Waals surface area contributed by atoms with Crippen LogP contribution in [0.5, 0.6) is 0 Å². The molecule has 0 fully saturated rings. The van der Waals surface area contributed by atoms with E-state index in [-0.39, 0.29) is 0 Å². The number of aromatic nitrogens is 2. The molecular formula is C15H19N3O4. The third kappa shape index (κ3) is 4.12. The minimum absolute atomic E-state index is 0.303. The zero-order valence-electron chi connectivity index (χ0n) is 12.7. The molecule has 1 aromatic carbocycles. The molecule has 0 amide bonds. The fraction of sp³-hybridized carbons (Fsp3) is 0.400. The predicted octanol–water partition coefficient (Wildman–Crippen LogP) is 1.94. The number of methoxy groups -OCH3 is 1. The Morgan fingerprint density at radius 1 is 1.36 bits per heavy atom. The highest BCUT2D eigenvalue weighted by atomic mass is 16.5. The fourth-order valence-corrected chi connectivity index (χ4v) is 2.12. The summed E-state index contributed by atoms with van der Waals surface area (Å²) >= 11 is 0. The van der Waals surface area contributed by atoms with E-state index in [1.54, 1.807) is 19.2 Å². The van der Waals surface area contributed by atoms with Crippen LogP contribution in [0.3, 0.4) is 0 Å². The van der Waals surface area contributed by atoms with E-state index in [2.05, 4.69) is 10.1 Å². The Balaban J connectivity index is 2.07. The highest BCUT2D eigenvalue weighted by Crippen LogP contribution is 2.14. The van der Waals surface area contributed by atoms with Gasteiger partial charge in [0, 0.05) is 13.7 Å². The molecule has 0 unspecified atom stereocenters. The van der Waals surface area contributed by atoms with Gasteiger partial charge in [0.25, 0.3) is 0 Å². The topological polar surface area (TPSA) is 88.7 Å². The number of carbonyl (C=O) groups is 1. The molecule has 0 aliphatic carbocycles. The SMILES string of the molecule is CCN(Cc1nc(COC)no1)Cc1ccccc1C(=O)O. The Labute approximate surface area is 128 Å². The Bertz CT molecular complexity index is 627. The van der Waals surface area contributed by atoms with Gasteiger partial charge in [0.05, 0.1) is 12.1 Å². The van der Waals surface area contributed by atoms with Crippen LogP contribution in [0.1, 0.15) is 34.6 Å². The number of aromatic carboxylic acids is 1. The van der Waals surface area contributed by atoms with Gasteiger partial charge in [0.15, 0.2) is 5.82 Å². The number of benzene rings is 1. The monoisotopic (exact) mass is 305 g/mol. The molecule has 118 valence electrons. The smallest absolute Gasteiger partial charge is 0.336 e. The van der Waals surface area contributed by atoms with Crippen LogP contribution in [-0.4, -0.2) is 39.8 Å². The minimum atomic E-state index is -0.924. The second-order valence-electron chi connectivity index (χ2n) is 4.80. The molecule has 0 aliphatic heterocycles. The molecule has 1 N–H and O–H groups in total. The quantitative estimate of drug-likeness (QED) is 0.797. The third-order valence-corrected chi connectivity index (χ3v) is 3.23. The van der Waals surface area contributed by atoms with Gasteiger partial charge in [-0.3, -0.25) is 4.90 Å². The van der Waals surface area contributed by atoms with Crippen molar-refractivity contribution in [3.63, 3.8) is 0 Å². The van der Waals surface area contributed by atoms with Gasteiger partial charge >= 0.3 is 5.97 Å². The van der Waals surface area contributed by atoms with Gasteiger partial charge in [-0.1, -0.05) is 30.3 Å². The van der Waals surface area contributed by atoms with Gasteiger partial charge in [-0.25, -0.2) is 4.79 Å². The van der Waals surface area contributed by atoms with Gasteiger partial charge in [0.1, 0.15) is 6.61 Å². The van der Waals surface area contributed by atoms with E-state index in [0.29, 0.717) is 37.0 Å². The maximum absolute atomic E-state index is 11.3. The van der Waals surface area contributed by atoms with Gasteiger partial charge < -0.3 is 14.4 Å². The number of nitrogens with zero attached hydrogens (tertiary/aromatic N) is 3. The van der Waals surface area contributed by atoms with Gasteiger partial charge in [-0.2, -0.15) is 4.98 Å². The summed E-state index contributed by atoms with van der Waals surface area (Å²) in [6, 6.07) is 6.97. The van der Waals surface area contributed by atoms with Crippen LogP contribution in [0.4, 0.5) is 0 Å². The highest BCUT2D eigenvalue weighted by molar-refractivity contribution is 5.89. The lowest BCUT2D eigenvalue weighted by molar-refractivity contribution is 0.0694. The van der Waals surface area contributed by atoms with Crippen molar-refractivity contribution in [2.24, 2.45) is 0 Å². The Morgan fingerprint density at radius 3 is 2.82 bits per heavy atom. The lowest BCUT2D eigenvalue weighted by Crippen LogP contribution is -2.23. The normalized spacial score (nSPS) is 11.0. The average Bonchev–Trinajstić information content (AvgIpc) is 2.94. The van der Waals surface area contributed by atoms with Crippen LogP contribution in [0, 0.1) is 0 Å². The first-order chi connectivity index (χ1) is 10.6. The van der Waals surface area contributed by atoms with Crippen molar-refractivity contribution in [2.45, 2.75) is 26.6 Å². The van der Waals surface area contributed by atoms with Crippen LogP contribution < -0.4 is 0 Å². The van der Waals surface area contributed by atoms with E-state index in [1.807, 2.05) is 24.0 Å². The van der Waals surface area contributed by atoms with E-state index >= 15 is 0 Å². The molecule has 2 aromatic rings. The molecule has 7 heteroatoms. The van der Waals surface area contributed by atoms with Crippen molar-refractivity contribution < 1.29 is 19.2 Å². The van der Waals surface area contributed by atoms with E-state index in [0.717, 1.165) is 12.1 Å². The number of ether oxygens (including phenoxy) is 1. The average molecular weight is 305 g/mol. The summed E-state index contributed by atoms with van der Waals surface area (Å²) in [4.78, 5) is 17.5. The van der Waals surface area contributed by atoms with Crippen molar-refractivity contribution in [1.82, 2.24) is 15.0 Å². The summed E-state index contributed by atoms with van der Waals surface area (Å²) in [6.45, 7) is 3.99. The van der Waals surface area contributed by atoms with E-state index in [9.17, 15) is 9.90 Å². The zero-order valence-corrected chi connectivity index (χ0v) is 12.7. The standard InChI is InChI=1S/C15H19N3O4/c1-3-18(9-14-16-13(10-21-2)17-22-14)8-11-6-4-5-7-12(11)15(19)20/h4-7H,3,8-10H2,1-2H3,(H,19,20). The number of hydrogen-bond acceptors (Lipinski definition) is 6.